The van der Waals surface area contributed by atoms with Crippen LogP contribution in [0, 0.1) is 5.92 Å². The fourth-order valence-corrected chi connectivity index (χ4v) is 3.83. The van der Waals surface area contributed by atoms with E-state index in [2.05, 4.69) is 50.1 Å². The molecule has 0 saturated carbocycles. The molecule has 1 nitrogen and oxygen atoms in total. The van der Waals surface area contributed by atoms with Gasteiger partial charge in [-0.15, -0.1) is 0 Å². The number of hydrogen-bond donors (Lipinski definition) is 0. The highest BCUT2D eigenvalue weighted by molar-refractivity contribution is 5.43. The van der Waals surface area contributed by atoms with E-state index in [1.165, 1.54) is 19.5 Å². The predicted molar refractivity (Wildman–Crippen MR) is 67.8 cm³/mol. The van der Waals surface area contributed by atoms with Gasteiger partial charge in [0.15, 0.2) is 0 Å². The van der Waals surface area contributed by atoms with E-state index in [1.54, 1.807) is 11.1 Å². The first-order valence-corrected chi connectivity index (χ1v) is 6.38. The van der Waals surface area contributed by atoms with Crippen molar-refractivity contribution in [2.24, 2.45) is 5.92 Å². The van der Waals surface area contributed by atoms with Gasteiger partial charge in [-0.05, 0) is 48.4 Å². The molecule has 1 aliphatic carbocycles. The van der Waals surface area contributed by atoms with Gasteiger partial charge in [0.1, 0.15) is 0 Å². The quantitative estimate of drug-likeness (QED) is 0.643. The molecule has 1 aliphatic heterocycles. The molecule has 1 heterocycles. The second-order valence-corrected chi connectivity index (χ2v) is 6.07. The summed E-state index contributed by atoms with van der Waals surface area (Å²) in [5.41, 5.74) is 3.58. The number of rotatable bonds is 0. The van der Waals surface area contributed by atoms with E-state index in [4.69, 9.17) is 0 Å². The largest absolute Gasteiger partial charge is 0.306 e. The van der Waals surface area contributed by atoms with Crippen molar-refractivity contribution in [1.29, 1.82) is 0 Å². The van der Waals surface area contributed by atoms with Crippen molar-refractivity contribution < 1.29 is 0 Å². The molecule has 1 aromatic rings. The second-order valence-electron chi connectivity index (χ2n) is 6.07. The predicted octanol–water partition coefficient (Wildman–Crippen LogP) is 3.01. The third kappa shape index (κ3) is 1.27. The van der Waals surface area contributed by atoms with Gasteiger partial charge in [-0.25, -0.2) is 0 Å². The molecule has 2 atom stereocenters. The standard InChI is InChI=1S/C15H21N/c1-15(2)13-7-5-4-6-11(13)12-8-9-16(3)10-14(12)15/h4-7,12,14H,8-10H2,1-3H3/t12-,14-/m0/s1. The van der Waals surface area contributed by atoms with Gasteiger partial charge in [0.2, 0.25) is 0 Å². The van der Waals surface area contributed by atoms with Crippen LogP contribution in [-0.2, 0) is 5.41 Å². The Morgan fingerprint density at radius 3 is 2.81 bits per heavy atom. The fraction of sp³-hybridized carbons (Fsp3) is 0.600. The molecule has 0 radical (unpaired) electrons. The summed E-state index contributed by atoms with van der Waals surface area (Å²) in [5, 5.41) is 0. The van der Waals surface area contributed by atoms with Crippen LogP contribution in [0.5, 0.6) is 0 Å². The molecule has 0 amide bonds. The highest BCUT2D eigenvalue weighted by Crippen LogP contribution is 2.53. The Morgan fingerprint density at radius 1 is 1.25 bits per heavy atom. The average Bonchev–Trinajstić information content (AvgIpc) is 2.49. The number of likely N-dealkylation sites (tertiary alicyclic amines) is 1. The minimum Gasteiger partial charge on any atom is -0.306 e. The molecular formula is C15H21N. The minimum atomic E-state index is 0.357. The van der Waals surface area contributed by atoms with Crippen LogP contribution >= 0.6 is 0 Å². The highest BCUT2D eigenvalue weighted by Gasteiger charge is 2.47. The van der Waals surface area contributed by atoms with Gasteiger partial charge < -0.3 is 4.90 Å². The van der Waals surface area contributed by atoms with E-state index in [1.807, 2.05) is 0 Å². The Bertz CT molecular complexity index is 408. The summed E-state index contributed by atoms with van der Waals surface area (Å²) in [6.07, 6.45) is 1.33. The van der Waals surface area contributed by atoms with Crippen molar-refractivity contribution in [3.63, 3.8) is 0 Å². The summed E-state index contributed by atoms with van der Waals surface area (Å²) in [5.74, 6) is 1.62. The minimum absolute atomic E-state index is 0.357. The number of piperidine rings is 1. The maximum absolute atomic E-state index is 2.49. The lowest BCUT2D eigenvalue weighted by Crippen LogP contribution is -2.41. The van der Waals surface area contributed by atoms with Gasteiger partial charge in [-0.3, -0.25) is 0 Å². The lowest BCUT2D eigenvalue weighted by Gasteiger charge is -2.39. The van der Waals surface area contributed by atoms with Gasteiger partial charge >= 0.3 is 0 Å². The first kappa shape index (κ1) is 10.3. The first-order valence-electron chi connectivity index (χ1n) is 6.38. The van der Waals surface area contributed by atoms with Crippen molar-refractivity contribution in [2.75, 3.05) is 20.1 Å². The maximum atomic E-state index is 2.49. The van der Waals surface area contributed by atoms with Crippen LogP contribution in [0.25, 0.3) is 0 Å². The molecule has 0 N–H and O–H groups in total. The van der Waals surface area contributed by atoms with Crippen LogP contribution in [0.1, 0.15) is 37.3 Å². The van der Waals surface area contributed by atoms with E-state index in [0.717, 1.165) is 11.8 Å². The molecule has 2 aliphatic rings. The molecule has 1 aromatic carbocycles. The molecular weight excluding hydrogens is 194 g/mol. The summed E-state index contributed by atoms with van der Waals surface area (Å²) in [6, 6.07) is 9.10. The first-order chi connectivity index (χ1) is 7.60. The van der Waals surface area contributed by atoms with Crippen molar-refractivity contribution in [3.05, 3.63) is 35.4 Å². The zero-order valence-corrected chi connectivity index (χ0v) is 10.5. The molecule has 0 bridgehead atoms. The Morgan fingerprint density at radius 2 is 2.00 bits per heavy atom. The van der Waals surface area contributed by atoms with Crippen LogP contribution in [0.3, 0.4) is 0 Å². The molecule has 1 heteroatoms. The normalized spacial score (nSPS) is 32.2. The summed E-state index contributed by atoms with van der Waals surface area (Å²) < 4.78 is 0. The van der Waals surface area contributed by atoms with E-state index >= 15 is 0 Å². The zero-order chi connectivity index (χ0) is 11.3. The monoisotopic (exact) mass is 215 g/mol. The van der Waals surface area contributed by atoms with Gasteiger partial charge in [0, 0.05) is 6.54 Å². The van der Waals surface area contributed by atoms with Crippen LogP contribution in [0.2, 0.25) is 0 Å². The number of hydrogen-bond acceptors (Lipinski definition) is 1. The van der Waals surface area contributed by atoms with E-state index < -0.39 is 0 Å². The number of benzene rings is 1. The Balaban J connectivity index is 2.08. The van der Waals surface area contributed by atoms with E-state index in [9.17, 15) is 0 Å². The van der Waals surface area contributed by atoms with Crippen LogP contribution in [0.4, 0.5) is 0 Å². The second kappa shape index (κ2) is 3.33. The Kier molecular flexibility index (Phi) is 2.16. The summed E-state index contributed by atoms with van der Waals surface area (Å²) in [6.45, 7) is 7.36. The van der Waals surface area contributed by atoms with Gasteiger partial charge in [-0.2, -0.15) is 0 Å². The lowest BCUT2D eigenvalue weighted by molar-refractivity contribution is 0.146. The third-order valence-corrected chi connectivity index (χ3v) is 4.80. The van der Waals surface area contributed by atoms with Crippen LogP contribution in [0.15, 0.2) is 24.3 Å². The third-order valence-electron chi connectivity index (χ3n) is 4.80. The SMILES string of the molecule is CN1CC[C@H]2c3ccccc3C(C)(C)[C@H]2C1. The van der Waals surface area contributed by atoms with Crippen molar-refractivity contribution in [1.82, 2.24) is 4.90 Å². The molecule has 3 rings (SSSR count). The molecule has 1 saturated heterocycles. The van der Waals surface area contributed by atoms with Gasteiger partial charge in [0.25, 0.3) is 0 Å². The lowest BCUT2D eigenvalue weighted by atomic mass is 9.73. The molecule has 86 valence electrons. The Hall–Kier alpha value is -0.820. The molecule has 1 fully saturated rings. The molecule has 0 unspecified atom stereocenters. The van der Waals surface area contributed by atoms with E-state index in [0.29, 0.717) is 5.41 Å². The van der Waals surface area contributed by atoms with Crippen molar-refractivity contribution in [3.8, 4) is 0 Å². The summed E-state index contributed by atoms with van der Waals surface area (Å²) >= 11 is 0. The topological polar surface area (TPSA) is 3.24 Å². The van der Waals surface area contributed by atoms with Crippen molar-refractivity contribution in [2.45, 2.75) is 31.6 Å². The van der Waals surface area contributed by atoms with Gasteiger partial charge in [-0.1, -0.05) is 38.1 Å². The molecule has 0 spiro atoms. The zero-order valence-electron chi connectivity index (χ0n) is 10.5. The smallest absolute Gasteiger partial charge is 0.00208 e. The molecule has 16 heavy (non-hydrogen) atoms. The summed E-state index contributed by atoms with van der Waals surface area (Å²) in [4.78, 5) is 2.49. The van der Waals surface area contributed by atoms with Crippen LogP contribution in [-0.4, -0.2) is 25.0 Å². The molecule has 0 aromatic heterocycles. The van der Waals surface area contributed by atoms with E-state index in [-0.39, 0.29) is 0 Å². The Labute approximate surface area is 98.5 Å². The fourth-order valence-electron chi connectivity index (χ4n) is 3.83. The highest BCUT2D eigenvalue weighted by atomic mass is 15.1. The van der Waals surface area contributed by atoms with Crippen LogP contribution < -0.4 is 0 Å². The number of nitrogens with zero attached hydrogens (tertiary/aromatic N) is 1. The van der Waals surface area contributed by atoms with Gasteiger partial charge in [0.05, 0.1) is 0 Å². The maximum Gasteiger partial charge on any atom is 0.00208 e. The number of fused-ring (bicyclic) bond motifs is 3. The van der Waals surface area contributed by atoms with Crippen molar-refractivity contribution >= 4 is 0 Å². The average molecular weight is 215 g/mol. The summed E-state index contributed by atoms with van der Waals surface area (Å²) in [7, 11) is 2.26.